The monoisotopic (exact) mass is 325 g/mol. The molecule has 24 heavy (non-hydrogen) atoms. The number of benzene rings is 1. The Bertz CT molecular complexity index is 675. The van der Waals surface area contributed by atoms with E-state index < -0.39 is 0 Å². The van der Waals surface area contributed by atoms with Gasteiger partial charge in [0.1, 0.15) is 0 Å². The minimum Gasteiger partial charge on any atom is -0.392 e. The number of carbonyl (C=O) groups is 1. The van der Waals surface area contributed by atoms with Crippen molar-refractivity contribution in [2.24, 2.45) is 0 Å². The van der Waals surface area contributed by atoms with Gasteiger partial charge < -0.3 is 10.4 Å². The van der Waals surface area contributed by atoms with Crippen molar-refractivity contribution < 1.29 is 9.90 Å². The van der Waals surface area contributed by atoms with Crippen LogP contribution in [0.5, 0.6) is 0 Å². The Labute approximate surface area is 142 Å². The number of aliphatic hydroxyl groups is 1. The van der Waals surface area contributed by atoms with Crippen molar-refractivity contribution in [1.82, 2.24) is 15.2 Å². The maximum Gasteiger partial charge on any atom is 0.224 e. The Morgan fingerprint density at radius 2 is 2.08 bits per heavy atom. The Kier molecular flexibility index (Phi) is 5.56. The van der Waals surface area contributed by atoms with Crippen molar-refractivity contribution in [3.63, 3.8) is 0 Å². The molecule has 2 heterocycles. The van der Waals surface area contributed by atoms with E-state index in [2.05, 4.69) is 21.3 Å². The molecule has 0 saturated carbocycles. The fourth-order valence-corrected chi connectivity index (χ4v) is 3.03. The van der Waals surface area contributed by atoms with Crippen LogP contribution in [0, 0.1) is 0 Å². The van der Waals surface area contributed by atoms with Gasteiger partial charge in [0.2, 0.25) is 5.91 Å². The van der Waals surface area contributed by atoms with Gasteiger partial charge in [-0.25, -0.2) is 0 Å². The summed E-state index contributed by atoms with van der Waals surface area (Å²) in [4.78, 5) is 18.4. The highest BCUT2D eigenvalue weighted by molar-refractivity contribution is 5.78. The van der Waals surface area contributed by atoms with Crippen molar-refractivity contribution in [2.75, 3.05) is 13.1 Å². The van der Waals surface area contributed by atoms with Crippen molar-refractivity contribution in [3.05, 3.63) is 65.5 Å². The van der Waals surface area contributed by atoms with Gasteiger partial charge in [0.05, 0.1) is 12.5 Å². The van der Waals surface area contributed by atoms with E-state index in [9.17, 15) is 9.90 Å². The van der Waals surface area contributed by atoms with Crippen LogP contribution in [0.15, 0.2) is 48.8 Å². The van der Waals surface area contributed by atoms with Gasteiger partial charge >= 0.3 is 0 Å². The summed E-state index contributed by atoms with van der Waals surface area (Å²) in [5.41, 5.74) is 3.24. The summed E-state index contributed by atoms with van der Waals surface area (Å²) >= 11 is 0. The van der Waals surface area contributed by atoms with E-state index in [1.54, 1.807) is 12.4 Å². The molecule has 5 heteroatoms. The van der Waals surface area contributed by atoms with Gasteiger partial charge in [-0.05, 0) is 29.2 Å². The lowest BCUT2D eigenvalue weighted by Gasteiger charge is -2.18. The quantitative estimate of drug-likeness (QED) is 0.845. The summed E-state index contributed by atoms with van der Waals surface area (Å²) < 4.78 is 0. The average Bonchev–Trinajstić information content (AvgIpc) is 3.00. The number of aliphatic hydroxyl groups excluding tert-OH is 1. The zero-order valence-corrected chi connectivity index (χ0v) is 13.7. The van der Waals surface area contributed by atoms with Gasteiger partial charge in [-0.2, -0.15) is 0 Å². The number of nitrogens with zero attached hydrogens (tertiary/aromatic N) is 2. The van der Waals surface area contributed by atoms with Crippen LogP contribution in [0.3, 0.4) is 0 Å². The minimum absolute atomic E-state index is 0.00519. The molecule has 1 unspecified atom stereocenters. The predicted octanol–water partition coefficient (Wildman–Crippen LogP) is 1.51. The van der Waals surface area contributed by atoms with Crippen molar-refractivity contribution in [2.45, 2.75) is 32.0 Å². The zero-order valence-electron chi connectivity index (χ0n) is 13.7. The van der Waals surface area contributed by atoms with Gasteiger partial charge in [-0.1, -0.05) is 30.3 Å². The normalized spacial score (nSPS) is 17.8. The number of aromatic nitrogens is 1. The molecular weight excluding hydrogens is 302 g/mol. The number of nitrogens with one attached hydrogen (secondary N) is 1. The van der Waals surface area contributed by atoms with Crippen LogP contribution in [0.1, 0.15) is 23.1 Å². The van der Waals surface area contributed by atoms with Gasteiger partial charge in [0, 0.05) is 38.6 Å². The van der Waals surface area contributed by atoms with Crippen LogP contribution < -0.4 is 5.32 Å². The second kappa shape index (κ2) is 8.04. The molecule has 0 bridgehead atoms. The maximum absolute atomic E-state index is 12.1. The SMILES string of the molecule is O=C(Cc1cccnc1)NCc1ccccc1CN1CCC(O)C1. The number of amides is 1. The molecule has 3 rings (SSSR count). The van der Waals surface area contributed by atoms with Gasteiger partial charge in [-0.15, -0.1) is 0 Å². The Morgan fingerprint density at radius 1 is 1.25 bits per heavy atom. The first-order valence-corrected chi connectivity index (χ1v) is 8.33. The molecule has 1 atom stereocenters. The number of pyridine rings is 1. The number of hydrogen-bond donors (Lipinski definition) is 2. The smallest absolute Gasteiger partial charge is 0.224 e. The van der Waals surface area contributed by atoms with E-state index in [0.29, 0.717) is 13.0 Å². The van der Waals surface area contributed by atoms with Gasteiger partial charge in [-0.3, -0.25) is 14.7 Å². The Hall–Kier alpha value is -2.24. The fourth-order valence-electron chi connectivity index (χ4n) is 3.03. The molecule has 1 saturated heterocycles. The summed E-state index contributed by atoms with van der Waals surface area (Å²) in [7, 11) is 0. The zero-order chi connectivity index (χ0) is 16.8. The molecule has 2 N–H and O–H groups in total. The summed E-state index contributed by atoms with van der Waals surface area (Å²) in [5.74, 6) is -0.00519. The third kappa shape index (κ3) is 4.63. The summed E-state index contributed by atoms with van der Waals surface area (Å²) in [6.07, 6.45) is 4.38. The standard InChI is InChI=1S/C19H23N3O2/c23-18-7-9-22(14-18)13-17-6-2-1-5-16(17)12-21-19(24)10-15-4-3-8-20-11-15/h1-6,8,11,18,23H,7,9-10,12-14H2,(H,21,24). The Balaban J connectivity index is 1.56. The third-order valence-electron chi connectivity index (χ3n) is 4.32. The van der Waals surface area contributed by atoms with Crippen LogP contribution in [-0.4, -0.2) is 40.1 Å². The number of hydrogen-bond acceptors (Lipinski definition) is 4. The predicted molar refractivity (Wildman–Crippen MR) is 92.1 cm³/mol. The van der Waals surface area contributed by atoms with Crippen LogP contribution in [0.4, 0.5) is 0 Å². The second-order valence-electron chi connectivity index (χ2n) is 6.26. The number of carbonyl (C=O) groups excluding carboxylic acids is 1. The molecule has 5 nitrogen and oxygen atoms in total. The van der Waals surface area contributed by atoms with E-state index in [4.69, 9.17) is 0 Å². The van der Waals surface area contributed by atoms with E-state index in [1.807, 2.05) is 30.3 Å². The van der Waals surface area contributed by atoms with E-state index >= 15 is 0 Å². The molecular formula is C19H23N3O2. The largest absolute Gasteiger partial charge is 0.392 e. The number of likely N-dealkylation sites (tertiary alicyclic amines) is 1. The second-order valence-corrected chi connectivity index (χ2v) is 6.26. The maximum atomic E-state index is 12.1. The van der Waals surface area contributed by atoms with Crippen molar-refractivity contribution in [1.29, 1.82) is 0 Å². The van der Waals surface area contributed by atoms with Gasteiger partial charge in [0.25, 0.3) is 0 Å². The molecule has 1 fully saturated rings. The first-order valence-electron chi connectivity index (χ1n) is 8.33. The molecule has 126 valence electrons. The highest BCUT2D eigenvalue weighted by Crippen LogP contribution is 2.16. The lowest BCUT2D eigenvalue weighted by molar-refractivity contribution is -0.120. The molecule has 0 radical (unpaired) electrons. The molecule has 1 aromatic heterocycles. The van der Waals surface area contributed by atoms with E-state index in [0.717, 1.165) is 37.2 Å². The lowest BCUT2D eigenvalue weighted by atomic mass is 10.1. The fraction of sp³-hybridized carbons (Fsp3) is 0.368. The highest BCUT2D eigenvalue weighted by Gasteiger charge is 2.20. The topological polar surface area (TPSA) is 65.5 Å². The molecule has 1 aromatic carbocycles. The third-order valence-corrected chi connectivity index (χ3v) is 4.32. The van der Waals surface area contributed by atoms with Crippen LogP contribution in [-0.2, 0) is 24.3 Å². The van der Waals surface area contributed by atoms with Crippen molar-refractivity contribution in [3.8, 4) is 0 Å². The molecule has 0 aliphatic carbocycles. The first-order chi connectivity index (χ1) is 11.7. The van der Waals surface area contributed by atoms with E-state index in [-0.39, 0.29) is 12.0 Å². The van der Waals surface area contributed by atoms with Crippen LogP contribution in [0.25, 0.3) is 0 Å². The molecule has 0 spiro atoms. The average molecular weight is 325 g/mol. The summed E-state index contributed by atoms with van der Waals surface area (Å²) in [5, 5.41) is 12.6. The number of rotatable bonds is 6. The van der Waals surface area contributed by atoms with Crippen molar-refractivity contribution >= 4 is 5.91 Å². The van der Waals surface area contributed by atoms with Gasteiger partial charge in [0.15, 0.2) is 0 Å². The molecule has 1 aliphatic heterocycles. The first kappa shape index (κ1) is 16.6. The minimum atomic E-state index is -0.212. The van der Waals surface area contributed by atoms with Crippen LogP contribution >= 0.6 is 0 Å². The molecule has 2 aromatic rings. The lowest BCUT2D eigenvalue weighted by Crippen LogP contribution is -2.26. The highest BCUT2D eigenvalue weighted by atomic mass is 16.3. The Morgan fingerprint density at radius 3 is 2.79 bits per heavy atom. The van der Waals surface area contributed by atoms with Crippen LogP contribution in [0.2, 0.25) is 0 Å². The molecule has 1 aliphatic rings. The number of β-amino-alcohol motifs (C(OH)–C–C–N with tert-alkyl or cyclic N) is 1. The summed E-state index contributed by atoms with van der Waals surface area (Å²) in [6, 6.07) is 11.9. The van der Waals surface area contributed by atoms with E-state index in [1.165, 1.54) is 5.56 Å². The molecule has 1 amide bonds. The summed E-state index contributed by atoms with van der Waals surface area (Å²) in [6.45, 7) is 2.97.